The van der Waals surface area contributed by atoms with Gasteiger partial charge in [-0.2, -0.15) is 8.42 Å². The Kier molecular flexibility index (Phi) is 7.10. The topological polar surface area (TPSA) is 110 Å². The molecule has 0 aromatic heterocycles. The second-order valence-corrected chi connectivity index (χ2v) is 10.4. The minimum atomic E-state index is -4.35. The van der Waals surface area contributed by atoms with Gasteiger partial charge in [0, 0.05) is 10.6 Å². The second kappa shape index (κ2) is 9.94. The van der Waals surface area contributed by atoms with Crippen LogP contribution in [-0.2, 0) is 19.7 Å². The maximum absolute atomic E-state index is 13.2. The summed E-state index contributed by atoms with van der Waals surface area (Å²) < 4.78 is 31.1. The molecule has 0 unspecified atom stereocenters. The Morgan fingerprint density at radius 2 is 1.58 bits per heavy atom. The van der Waals surface area contributed by atoms with Crippen molar-refractivity contribution in [2.24, 2.45) is 0 Å². The Bertz CT molecular complexity index is 1550. The van der Waals surface area contributed by atoms with E-state index in [2.05, 4.69) is 5.32 Å². The van der Waals surface area contributed by atoms with E-state index in [1.807, 2.05) is 0 Å². The fourth-order valence-electron chi connectivity index (χ4n) is 3.30. The predicted octanol–water partition coefficient (Wildman–Crippen LogP) is 5.39. The van der Waals surface area contributed by atoms with Gasteiger partial charge in [-0.25, -0.2) is 9.69 Å². The first kappa shape index (κ1) is 25.7. The highest BCUT2D eigenvalue weighted by molar-refractivity contribution is 7.87. The highest BCUT2D eigenvalue weighted by Gasteiger charge is 2.38. The van der Waals surface area contributed by atoms with Crippen molar-refractivity contribution >= 4 is 74.5 Å². The van der Waals surface area contributed by atoms with Crippen LogP contribution in [-0.4, -0.2) is 26.3 Å². The van der Waals surface area contributed by atoms with E-state index in [1.54, 1.807) is 31.2 Å². The average Bonchev–Trinajstić information content (AvgIpc) is 2.80. The Balaban J connectivity index is 1.80. The van der Waals surface area contributed by atoms with Gasteiger partial charge in [-0.05, 0) is 49.4 Å². The van der Waals surface area contributed by atoms with Crippen LogP contribution in [0.3, 0.4) is 0 Å². The number of amides is 4. The number of hydrogen-bond donors (Lipinski definition) is 1. The molecule has 1 aliphatic rings. The lowest BCUT2D eigenvalue weighted by molar-refractivity contribution is -0.122. The number of urea groups is 1. The van der Waals surface area contributed by atoms with Gasteiger partial charge >= 0.3 is 16.1 Å². The molecule has 0 spiro atoms. The van der Waals surface area contributed by atoms with Gasteiger partial charge in [-0.1, -0.05) is 64.6 Å². The summed E-state index contributed by atoms with van der Waals surface area (Å²) in [5.41, 5.74) is 0.284. The van der Waals surface area contributed by atoms with Crippen LogP contribution in [0, 0.1) is 6.92 Å². The summed E-state index contributed by atoms with van der Waals surface area (Å²) in [6.07, 6.45) is 1.03. The zero-order valence-corrected chi connectivity index (χ0v) is 21.4. The summed E-state index contributed by atoms with van der Waals surface area (Å²) in [5.74, 6) is -2.38. The van der Waals surface area contributed by atoms with Crippen molar-refractivity contribution in [3.63, 3.8) is 0 Å². The molecule has 0 saturated carbocycles. The number of halogens is 3. The van der Waals surface area contributed by atoms with E-state index < -0.39 is 33.5 Å². The second-order valence-electron chi connectivity index (χ2n) is 7.57. The van der Waals surface area contributed by atoms with Gasteiger partial charge in [-0.15, -0.1) is 0 Å². The first-order valence-corrected chi connectivity index (χ1v) is 12.7. The molecule has 4 amide bonds. The van der Waals surface area contributed by atoms with Crippen LogP contribution < -0.4 is 14.4 Å². The molecule has 12 heteroatoms. The summed E-state index contributed by atoms with van der Waals surface area (Å²) in [6.45, 7) is 1.79. The number of anilines is 1. The number of aryl methyl sites for hydroxylation is 1. The molecule has 1 saturated heterocycles. The maximum atomic E-state index is 13.2. The molecular formula is C24H15Cl3N2O6S. The minimum Gasteiger partial charge on any atom is -0.377 e. The predicted molar refractivity (Wildman–Crippen MR) is 136 cm³/mol. The SMILES string of the molecule is Cc1ccc(S(=O)(=O)Oc2c(Cl)cc(Cl)cc2/C=C2\C(=O)NC(=O)N(c3ccccc3Cl)C2=O)cc1. The highest BCUT2D eigenvalue weighted by atomic mass is 35.5. The van der Waals surface area contributed by atoms with Crippen molar-refractivity contribution in [2.75, 3.05) is 4.90 Å². The standard InChI is InChI=1S/C24H15Cl3N2O6S/c1-13-6-8-16(9-7-13)36(33,34)35-21-14(10-15(25)12-19(21)27)11-17-22(30)28-24(32)29(23(17)31)20-5-3-2-4-18(20)26/h2-12H,1H3,(H,28,30,32)/b17-11+. The number of hydrogen-bond acceptors (Lipinski definition) is 6. The van der Waals surface area contributed by atoms with E-state index in [0.717, 1.165) is 11.6 Å². The maximum Gasteiger partial charge on any atom is 0.339 e. The lowest BCUT2D eigenvalue weighted by Gasteiger charge is -2.27. The molecule has 3 aromatic carbocycles. The molecule has 0 aliphatic carbocycles. The van der Waals surface area contributed by atoms with Gasteiger partial charge in [0.2, 0.25) is 0 Å². The van der Waals surface area contributed by atoms with Crippen LogP contribution in [0.4, 0.5) is 10.5 Å². The number of benzene rings is 3. The van der Waals surface area contributed by atoms with Crippen LogP contribution >= 0.6 is 34.8 Å². The van der Waals surface area contributed by atoms with Crippen LogP contribution in [0.15, 0.2) is 71.1 Å². The smallest absolute Gasteiger partial charge is 0.339 e. The molecule has 184 valence electrons. The molecule has 36 heavy (non-hydrogen) atoms. The molecule has 4 rings (SSSR count). The molecule has 3 aromatic rings. The fraction of sp³-hybridized carbons (Fsp3) is 0.0417. The summed E-state index contributed by atoms with van der Waals surface area (Å²) in [5, 5.41) is 2.04. The van der Waals surface area contributed by atoms with E-state index in [1.165, 1.54) is 36.4 Å². The third kappa shape index (κ3) is 5.10. The Hall–Kier alpha value is -3.37. The zero-order chi connectivity index (χ0) is 26.2. The number of carbonyl (C=O) groups is 3. The van der Waals surface area contributed by atoms with Crippen LogP contribution in [0.2, 0.25) is 15.1 Å². The third-order valence-electron chi connectivity index (χ3n) is 5.03. The van der Waals surface area contributed by atoms with Crippen molar-refractivity contribution in [1.82, 2.24) is 5.32 Å². The third-order valence-corrected chi connectivity index (χ3v) is 7.09. The summed E-state index contributed by atoms with van der Waals surface area (Å²) in [6, 6.07) is 13.5. The average molecular weight is 566 g/mol. The number of rotatable bonds is 5. The number of para-hydroxylation sites is 1. The van der Waals surface area contributed by atoms with Crippen LogP contribution in [0.25, 0.3) is 6.08 Å². The largest absolute Gasteiger partial charge is 0.377 e. The highest BCUT2D eigenvalue weighted by Crippen LogP contribution is 2.37. The van der Waals surface area contributed by atoms with E-state index >= 15 is 0 Å². The van der Waals surface area contributed by atoms with Gasteiger partial charge in [-0.3, -0.25) is 14.9 Å². The van der Waals surface area contributed by atoms with E-state index in [9.17, 15) is 22.8 Å². The molecule has 0 atom stereocenters. The molecule has 1 aliphatic heterocycles. The quantitative estimate of drug-likeness (QED) is 0.252. The van der Waals surface area contributed by atoms with Crippen LogP contribution in [0.5, 0.6) is 5.75 Å². The number of nitrogens with one attached hydrogen (secondary N) is 1. The normalized spacial score (nSPS) is 15.3. The Morgan fingerprint density at radius 3 is 2.25 bits per heavy atom. The van der Waals surface area contributed by atoms with E-state index in [-0.39, 0.29) is 37.0 Å². The lowest BCUT2D eigenvalue weighted by atomic mass is 10.1. The molecular weight excluding hydrogens is 551 g/mol. The number of imide groups is 2. The first-order valence-electron chi connectivity index (χ1n) is 10.1. The van der Waals surface area contributed by atoms with Crippen molar-refractivity contribution in [3.05, 3.63) is 92.4 Å². The van der Waals surface area contributed by atoms with Gasteiger partial charge in [0.1, 0.15) is 10.5 Å². The number of carbonyl (C=O) groups excluding carboxylic acids is 3. The summed E-state index contributed by atoms with van der Waals surface area (Å²) in [7, 11) is -4.35. The minimum absolute atomic E-state index is 0.0441. The van der Waals surface area contributed by atoms with Crippen molar-refractivity contribution in [2.45, 2.75) is 11.8 Å². The summed E-state index contributed by atoms with van der Waals surface area (Å²) >= 11 is 18.5. The van der Waals surface area contributed by atoms with E-state index in [0.29, 0.717) is 4.90 Å². The van der Waals surface area contributed by atoms with Crippen molar-refractivity contribution in [1.29, 1.82) is 0 Å². The number of barbiturate groups is 1. The lowest BCUT2D eigenvalue weighted by Crippen LogP contribution is -2.54. The van der Waals surface area contributed by atoms with E-state index in [4.69, 9.17) is 39.0 Å². The molecule has 1 fully saturated rings. The molecule has 0 radical (unpaired) electrons. The van der Waals surface area contributed by atoms with Gasteiger partial charge < -0.3 is 4.18 Å². The van der Waals surface area contributed by atoms with Gasteiger partial charge in [0.15, 0.2) is 5.75 Å². The molecule has 1 N–H and O–H groups in total. The van der Waals surface area contributed by atoms with Gasteiger partial charge in [0.05, 0.1) is 15.7 Å². The molecule has 0 bridgehead atoms. The Labute approximate surface area is 221 Å². The Morgan fingerprint density at radius 1 is 0.917 bits per heavy atom. The summed E-state index contributed by atoms with van der Waals surface area (Å²) in [4.78, 5) is 38.8. The van der Waals surface area contributed by atoms with Crippen LogP contribution in [0.1, 0.15) is 11.1 Å². The monoisotopic (exact) mass is 564 g/mol. The molecule has 8 nitrogen and oxygen atoms in total. The van der Waals surface area contributed by atoms with Crippen molar-refractivity contribution < 1.29 is 27.0 Å². The number of nitrogens with zero attached hydrogens (tertiary/aromatic N) is 1. The first-order chi connectivity index (χ1) is 17.0. The zero-order valence-electron chi connectivity index (χ0n) is 18.3. The molecule has 1 heterocycles. The van der Waals surface area contributed by atoms with Gasteiger partial charge in [0.25, 0.3) is 11.8 Å². The van der Waals surface area contributed by atoms with Crippen molar-refractivity contribution in [3.8, 4) is 5.75 Å². The fourth-order valence-corrected chi connectivity index (χ4v) is 5.09.